The minimum absolute atomic E-state index is 0.0125. The predicted molar refractivity (Wildman–Crippen MR) is 142 cm³/mol. The molecule has 1 N–H and O–H groups in total. The molecule has 1 aliphatic carbocycles. The van der Waals surface area contributed by atoms with Gasteiger partial charge in [0.05, 0.1) is 28.2 Å². The minimum Gasteiger partial charge on any atom is -0.452 e. The van der Waals surface area contributed by atoms with E-state index in [0.717, 1.165) is 28.9 Å². The van der Waals surface area contributed by atoms with Crippen LogP contribution in [-0.4, -0.2) is 28.4 Å². The molecule has 1 amide bonds. The van der Waals surface area contributed by atoms with Gasteiger partial charge in [-0.25, -0.2) is 9.78 Å². The first-order valence-electron chi connectivity index (χ1n) is 11.8. The van der Waals surface area contributed by atoms with Crippen molar-refractivity contribution in [2.24, 2.45) is 0 Å². The molecule has 0 fully saturated rings. The normalized spacial score (nSPS) is 13.8. The number of allylic oxidation sites excluding steroid dienone is 1. The van der Waals surface area contributed by atoms with Gasteiger partial charge in [0.1, 0.15) is 0 Å². The maximum Gasteiger partial charge on any atom is 0.339 e. The average Bonchev–Trinajstić information content (AvgIpc) is 3.43. The summed E-state index contributed by atoms with van der Waals surface area (Å²) in [6, 6.07) is 17.6. The first-order chi connectivity index (χ1) is 18.0. The van der Waals surface area contributed by atoms with Gasteiger partial charge in [-0.1, -0.05) is 36.4 Å². The summed E-state index contributed by atoms with van der Waals surface area (Å²) in [6.45, 7) is -0.000546. The highest BCUT2D eigenvalue weighted by molar-refractivity contribution is 7.09. The van der Waals surface area contributed by atoms with Crippen molar-refractivity contribution >= 4 is 51.5 Å². The summed E-state index contributed by atoms with van der Waals surface area (Å²) in [4.78, 5) is 42.3. The van der Waals surface area contributed by atoms with Crippen molar-refractivity contribution < 1.29 is 19.2 Å². The van der Waals surface area contributed by atoms with E-state index in [4.69, 9.17) is 9.72 Å². The molecule has 2 heterocycles. The number of carbonyl (C=O) groups is 2. The number of pyridine rings is 1. The van der Waals surface area contributed by atoms with Crippen LogP contribution in [-0.2, 0) is 22.5 Å². The summed E-state index contributed by atoms with van der Waals surface area (Å²) in [6.07, 6.45) is 4.03. The molecular weight excluding hydrogens is 490 g/mol. The van der Waals surface area contributed by atoms with Gasteiger partial charge in [0, 0.05) is 22.4 Å². The Kier molecular flexibility index (Phi) is 7.04. The van der Waals surface area contributed by atoms with Crippen LogP contribution in [0.5, 0.6) is 0 Å². The fraction of sp³-hybridized carbons (Fsp3) is 0.179. The standard InChI is InChI=1S/C28H23N3O5S/c32-25(29-16-21-9-5-13-37-21)17-36-28(33)26-22-10-1-2-12-24(22)30-27-19(7-4-11-23(26)27)14-18-6-3-8-20(15-18)31(34)35/h1-3,5-6,8-10,12-15H,4,7,11,16-17H2,(H,29,32). The largest absolute Gasteiger partial charge is 0.452 e. The Bertz CT molecular complexity index is 1530. The van der Waals surface area contributed by atoms with E-state index < -0.39 is 10.9 Å². The number of esters is 1. The third kappa shape index (κ3) is 5.41. The van der Waals surface area contributed by atoms with Crippen molar-refractivity contribution in [2.45, 2.75) is 25.8 Å². The summed E-state index contributed by atoms with van der Waals surface area (Å²) in [5, 5.41) is 16.6. The van der Waals surface area contributed by atoms with Crippen LogP contribution in [0.3, 0.4) is 0 Å². The highest BCUT2D eigenvalue weighted by atomic mass is 32.1. The van der Waals surface area contributed by atoms with E-state index in [1.807, 2.05) is 47.9 Å². The molecule has 9 heteroatoms. The predicted octanol–water partition coefficient (Wildman–Crippen LogP) is 5.55. The SMILES string of the molecule is O=C(COC(=O)c1c2c(nc3ccccc13)C(=Cc1cccc([N+](=O)[O-])c1)CCC2)NCc1cccs1. The summed E-state index contributed by atoms with van der Waals surface area (Å²) in [5.41, 5.74) is 4.11. The lowest BCUT2D eigenvalue weighted by Gasteiger charge is -2.22. The number of nitro groups is 1. The van der Waals surface area contributed by atoms with Crippen LogP contribution in [0.4, 0.5) is 5.69 Å². The lowest BCUT2D eigenvalue weighted by Crippen LogP contribution is -2.28. The summed E-state index contributed by atoms with van der Waals surface area (Å²) >= 11 is 1.54. The van der Waals surface area contributed by atoms with Gasteiger partial charge >= 0.3 is 5.97 Å². The zero-order valence-electron chi connectivity index (χ0n) is 19.8. The van der Waals surface area contributed by atoms with E-state index >= 15 is 0 Å². The summed E-state index contributed by atoms with van der Waals surface area (Å²) in [7, 11) is 0. The topological polar surface area (TPSA) is 111 Å². The lowest BCUT2D eigenvalue weighted by atomic mass is 9.86. The number of hydrogen-bond donors (Lipinski definition) is 1. The molecule has 0 bridgehead atoms. The van der Waals surface area contributed by atoms with Crippen LogP contribution in [0.25, 0.3) is 22.6 Å². The molecule has 2 aromatic heterocycles. The second kappa shape index (κ2) is 10.7. The quantitative estimate of drug-likeness (QED) is 0.197. The van der Waals surface area contributed by atoms with E-state index in [1.165, 1.54) is 23.5 Å². The molecule has 4 aromatic rings. The van der Waals surface area contributed by atoms with Crippen LogP contribution in [0, 0.1) is 10.1 Å². The Hall–Kier alpha value is -4.37. The number of rotatable bonds is 7. The fourth-order valence-electron chi connectivity index (χ4n) is 4.49. The van der Waals surface area contributed by atoms with Crippen molar-refractivity contribution in [1.29, 1.82) is 0 Å². The van der Waals surface area contributed by atoms with E-state index in [2.05, 4.69) is 5.32 Å². The van der Waals surface area contributed by atoms with Gasteiger partial charge in [-0.05, 0) is 59.6 Å². The van der Waals surface area contributed by atoms with Gasteiger partial charge in [-0.2, -0.15) is 0 Å². The number of non-ortho nitro benzene ring substituents is 1. The molecule has 0 unspecified atom stereocenters. The third-order valence-electron chi connectivity index (χ3n) is 6.17. The second-order valence-corrected chi connectivity index (χ2v) is 9.67. The number of para-hydroxylation sites is 1. The van der Waals surface area contributed by atoms with Crippen molar-refractivity contribution in [3.63, 3.8) is 0 Å². The van der Waals surface area contributed by atoms with E-state index in [9.17, 15) is 19.7 Å². The first kappa shape index (κ1) is 24.3. The van der Waals surface area contributed by atoms with Gasteiger partial charge in [0.15, 0.2) is 6.61 Å². The Morgan fingerprint density at radius 3 is 2.78 bits per heavy atom. The van der Waals surface area contributed by atoms with E-state index in [1.54, 1.807) is 12.1 Å². The maximum absolute atomic E-state index is 13.3. The van der Waals surface area contributed by atoms with Gasteiger partial charge < -0.3 is 10.1 Å². The van der Waals surface area contributed by atoms with Crippen molar-refractivity contribution in [3.8, 4) is 0 Å². The van der Waals surface area contributed by atoms with Crippen molar-refractivity contribution in [2.75, 3.05) is 6.61 Å². The second-order valence-electron chi connectivity index (χ2n) is 8.64. The van der Waals surface area contributed by atoms with Crippen LogP contribution in [0.1, 0.15) is 44.9 Å². The van der Waals surface area contributed by atoms with Gasteiger partial charge in [-0.15, -0.1) is 11.3 Å². The van der Waals surface area contributed by atoms with Gasteiger partial charge in [0.25, 0.3) is 11.6 Å². The number of thiophene rings is 1. The molecule has 186 valence electrons. The lowest BCUT2D eigenvalue weighted by molar-refractivity contribution is -0.384. The number of aromatic nitrogens is 1. The molecule has 5 rings (SSSR count). The number of nitrogens with zero attached hydrogens (tertiary/aromatic N) is 2. The van der Waals surface area contributed by atoms with Crippen molar-refractivity contribution in [1.82, 2.24) is 10.3 Å². The Labute approximate surface area is 216 Å². The molecule has 0 aliphatic heterocycles. The smallest absolute Gasteiger partial charge is 0.339 e. The molecule has 0 saturated heterocycles. The maximum atomic E-state index is 13.3. The van der Waals surface area contributed by atoms with Crippen LogP contribution >= 0.6 is 11.3 Å². The Balaban J connectivity index is 1.45. The Morgan fingerprint density at radius 1 is 1.11 bits per heavy atom. The van der Waals surface area contributed by atoms with Gasteiger partial charge in [0.2, 0.25) is 0 Å². The summed E-state index contributed by atoms with van der Waals surface area (Å²) in [5.74, 6) is -0.946. The number of fused-ring (bicyclic) bond motifs is 2. The highest BCUT2D eigenvalue weighted by Gasteiger charge is 2.26. The zero-order chi connectivity index (χ0) is 25.8. The molecule has 2 aromatic carbocycles. The minimum atomic E-state index is -0.572. The average molecular weight is 514 g/mol. The number of nitrogens with one attached hydrogen (secondary N) is 1. The van der Waals surface area contributed by atoms with Gasteiger partial charge in [-0.3, -0.25) is 14.9 Å². The van der Waals surface area contributed by atoms with Crippen molar-refractivity contribution in [3.05, 3.63) is 103 Å². The van der Waals surface area contributed by atoms with Crippen LogP contribution in [0.15, 0.2) is 66.0 Å². The van der Waals surface area contributed by atoms with Crippen LogP contribution in [0.2, 0.25) is 0 Å². The summed E-state index contributed by atoms with van der Waals surface area (Å²) < 4.78 is 5.46. The molecule has 0 radical (unpaired) electrons. The van der Waals surface area contributed by atoms with E-state index in [-0.39, 0.29) is 18.2 Å². The molecule has 37 heavy (non-hydrogen) atoms. The Morgan fingerprint density at radius 2 is 1.97 bits per heavy atom. The number of benzene rings is 2. The van der Waals surface area contributed by atoms with E-state index in [0.29, 0.717) is 40.7 Å². The number of amides is 1. The zero-order valence-corrected chi connectivity index (χ0v) is 20.6. The first-order valence-corrected chi connectivity index (χ1v) is 12.7. The number of carbonyl (C=O) groups excluding carboxylic acids is 2. The monoisotopic (exact) mass is 513 g/mol. The molecule has 0 spiro atoms. The molecular formula is C28H23N3O5S. The molecule has 0 saturated carbocycles. The fourth-order valence-corrected chi connectivity index (χ4v) is 5.14. The molecule has 0 atom stereocenters. The number of hydrogen-bond acceptors (Lipinski definition) is 7. The third-order valence-corrected chi connectivity index (χ3v) is 7.05. The molecule has 1 aliphatic rings. The molecule has 8 nitrogen and oxygen atoms in total. The highest BCUT2D eigenvalue weighted by Crippen LogP contribution is 2.36. The number of ether oxygens (including phenoxy) is 1. The van der Waals surface area contributed by atoms with Crippen LogP contribution < -0.4 is 5.32 Å². The number of nitro benzene ring substituents is 1.